The summed E-state index contributed by atoms with van der Waals surface area (Å²) in [5.74, 6) is -0.301. The Hall–Kier alpha value is -3.42. The topological polar surface area (TPSA) is 66.5 Å². The Morgan fingerprint density at radius 3 is 2.47 bits per heavy atom. The van der Waals surface area contributed by atoms with Gasteiger partial charge in [0.25, 0.3) is 5.91 Å². The zero-order chi connectivity index (χ0) is 23.5. The largest absolute Gasteiger partial charge is 0.573 e. The highest BCUT2D eigenvalue weighted by Gasteiger charge is 2.31. The van der Waals surface area contributed by atoms with Crippen LogP contribution in [0.3, 0.4) is 0 Å². The summed E-state index contributed by atoms with van der Waals surface area (Å²) < 4.78 is 49.8. The Bertz CT molecular complexity index is 1120. The number of carbonyl (C=O) groups is 1. The van der Waals surface area contributed by atoms with Crippen molar-refractivity contribution in [2.24, 2.45) is 5.73 Å². The molecule has 0 aliphatic heterocycles. The van der Waals surface area contributed by atoms with Gasteiger partial charge in [-0.15, -0.1) is 13.2 Å². The number of nitrogens with zero attached hydrogens (tertiary/aromatic N) is 1. The molecule has 0 fully saturated rings. The molecule has 0 spiro atoms. The third-order valence-electron chi connectivity index (χ3n) is 5.24. The average Bonchev–Trinajstić information content (AvgIpc) is 2.99. The summed E-state index contributed by atoms with van der Waals surface area (Å²) in [6.07, 6.45) is -3.45. The quantitative estimate of drug-likeness (QED) is 0.499. The molecule has 0 saturated carbocycles. The Morgan fingerprint density at radius 2 is 1.84 bits per heavy atom. The lowest BCUT2D eigenvalue weighted by Crippen LogP contribution is -2.17. The molecule has 0 bridgehead atoms. The molecular weight excluding hydrogens is 421 g/mol. The fourth-order valence-corrected chi connectivity index (χ4v) is 3.97. The van der Waals surface area contributed by atoms with Gasteiger partial charge in [-0.05, 0) is 37.1 Å². The lowest BCUT2D eigenvalue weighted by molar-refractivity contribution is -0.274. The van der Waals surface area contributed by atoms with Gasteiger partial charge in [0.15, 0.2) is 0 Å². The van der Waals surface area contributed by atoms with Crippen molar-refractivity contribution in [2.45, 2.75) is 39.6 Å². The first-order chi connectivity index (χ1) is 15.2. The number of nitrogens with two attached hydrogens (primary N) is 1. The van der Waals surface area contributed by atoms with Gasteiger partial charge in [0.2, 0.25) is 0 Å². The summed E-state index contributed by atoms with van der Waals surface area (Å²) in [4.78, 5) is 12.4. The van der Waals surface area contributed by atoms with E-state index in [0.717, 1.165) is 17.7 Å². The molecule has 2 aromatic carbocycles. The number of ether oxygens (including phenoxy) is 2. The number of hydrogen-bond acceptors (Lipinski definition) is 3. The van der Waals surface area contributed by atoms with E-state index in [1.807, 2.05) is 35.8 Å². The Morgan fingerprint density at radius 1 is 1.12 bits per heavy atom. The van der Waals surface area contributed by atoms with Crippen molar-refractivity contribution >= 4 is 5.91 Å². The van der Waals surface area contributed by atoms with Gasteiger partial charge in [-0.25, -0.2) is 0 Å². The number of hydrogen-bond donors (Lipinski definition) is 1. The molecule has 5 nitrogen and oxygen atoms in total. The van der Waals surface area contributed by atoms with Crippen molar-refractivity contribution in [3.8, 4) is 22.6 Å². The molecule has 0 aliphatic carbocycles. The minimum atomic E-state index is -4.82. The number of para-hydroxylation sites is 1. The number of primary amides is 1. The summed E-state index contributed by atoms with van der Waals surface area (Å²) >= 11 is 0. The van der Waals surface area contributed by atoms with E-state index in [1.54, 1.807) is 20.1 Å². The molecule has 0 radical (unpaired) electrons. The summed E-state index contributed by atoms with van der Waals surface area (Å²) in [5.41, 5.74) is 9.34. The van der Waals surface area contributed by atoms with Gasteiger partial charge in [-0.1, -0.05) is 43.7 Å². The van der Waals surface area contributed by atoms with E-state index in [-0.39, 0.29) is 11.3 Å². The third kappa shape index (κ3) is 4.90. The predicted molar refractivity (Wildman–Crippen MR) is 116 cm³/mol. The van der Waals surface area contributed by atoms with Crippen LogP contribution in [0.2, 0.25) is 0 Å². The minimum Gasteiger partial charge on any atom is -0.496 e. The monoisotopic (exact) mass is 446 g/mol. The second-order valence-electron chi connectivity index (χ2n) is 7.37. The number of amides is 1. The maximum Gasteiger partial charge on any atom is 0.573 e. The molecule has 2 N–H and O–H groups in total. The maximum absolute atomic E-state index is 12.8. The number of halogens is 3. The molecule has 32 heavy (non-hydrogen) atoms. The zero-order valence-corrected chi connectivity index (χ0v) is 18.1. The number of benzene rings is 2. The van der Waals surface area contributed by atoms with Crippen molar-refractivity contribution in [3.05, 3.63) is 71.0 Å². The van der Waals surface area contributed by atoms with Crippen LogP contribution in [0.25, 0.3) is 11.1 Å². The van der Waals surface area contributed by atoms with E-state index >= 15 is 0 Å². The highest BCUT2D eigenvalue weighted by molar-refractivity contribution is 6.02. The van der Waals surface area contributed by atoms with Crippen LogP contribution in [-0.2, 0) is 13.0 Å². The lowest BCUT2D eigenvalue weighted by Gasteiger charge is -2.15. The third-order valence-corrected chi connectivity index (χ3v) is 5.24. The van der Waals surface area contributed by atoms with Gasteiger partial charge < -0.3 is 19.8 Å². The second kappa shape index (κ2) is 9.38. The number of methoxy groups -OCH3 is 1. The van der Waals surface area contributed by atoms with E-state index in [0.29, 0.717) is 35.5 Å². The van der Waals surface area contributed by atoms with Gasteiger partial charge >= 0.3 is 6.36 Å². The van der Waals surface area contributed by atoms with E-state index in [1.165, 1.54) is 18.2 Å². The van der Waals surface area contributed by atoms with Crippen LogP contribution in [0, 0.1) is 6.92 Å². The molecule has 0 saturated heterocycles. The molecule has 1 aromatic heterocycles. The van der Waals surface area contributed by atoms with Crippen LogP contribution in [0.5, 0.6) is 11.5 Å². The number of rotatable bonds is 8. The highest BCUT2D eigenvalue weighted by Crippen LogP contribution is 2.37. The number of carbonyl (C=O) groups excluding carboxylic acids is 1. The van der Waals surface area contributed by atoms with Crippen LogP contribution in [-0.4, -0.2) is 23.9 Å². The van der Waals surface area contributed by atoms with Gasteiger partial charge in [-0.3, -0.25) is 4.79 Å². The van der Waals surface area contributed by atoms with Crippen molar-refractivity contribution in [1.29, 1.82) is 0 Å². The molecule has 0 aliphatic rings. The molecule has 3 rings (SSSR count). The van der Waals surface area contributed by atoms with Gasteiger partial charge in [0, 0.05) is 22.5 Å². The van der Waals surface area contributed by atoms with E-state index < -0.39 is 12.3 Å². The first kappa shape index (κ1) is 23.2. The Balaban J connectivity index is 2.21. The van der Waals surface area contributed by atoms with Crippen LogP contribution >= 0.6 is 0 Å². The van der Waals surface area contributed by atoms with Crippen molar-refractivity contribution in [1.82, 2.24) is 4.57 Å². The SMILES string of the molecule is CCCc1c(-c2cccc(OC(F)(F)F)c2)c(C(N)=O)c(C)n1Cc1ccccc1OC. The minimum absolute atomic E-state index is 0.285. The molecule has 1 heterocycles. The Labute approximate surface area is 184 Å². The number of aromatic nitrogens is 1. The smallest absolute Gasteiger partial charge is 0.496 e. The summed E-state index contributed by atoms with van der Waals surface area (Å²) in [6, 6.07) is 13.1. The Kier molecular flexibility index (Phi) is 6.81. The van der Waals surface area contributed by atoms with Gasteiger partial charge in [-0.2, -0.15) is 0 Å². The normalized spacial score (nSPS) is 11.4. The molecule has 8 heteroatoms. The lowest BCUT2D eigenvalue weighted by atomic mass is 9.98. The average molecular weight is 446 g/mol. The second-order valence-corrected chi connectivity index (χ2v) is 7.37. The fraction of sp³-hybridized carbons (Fsp3) is 0.292. The number of alkyl halides is 3. The van der Waals surface area contributed by atoms with Crippen LogP contribution in [0.4, 0.5) is 13.2 Å². The molecule has 3 aromatic rings. The summed E-state index contributed by atoms with van der Waals surface area (Å²) in [7, 11) is 1.58. The van der Waals surface area contributed by atoms with Crippen LogP contribution in [0.1, 0.15) is 40.7 Å². The van der Waals surface area contributed by atoms with Gasteiger partial charge in [0.1, 0.15) is 11.5 Å². The summed E-state index contributed by atoms with van der Waals surface area (Å²) in [5, 5.41) is 0. The first-order valence-corrected chi connectivity index (χ1v) is 10.2. The first-order valence-electron chi connectivity index (χ1n) is 10.2. The fourth-order valence-electron chi connectivity index (χ4n) is 3.97. The van der Waals surface area contributed by atoms with E-state index in [2.05, 4.69) is 4.74 Å². The molecule has 0 unspecified atom stereocenters. The molecule has 0 atom stereocenters. The van der Waals surface area contributed by atoms with Crippen LogP contribution in [0.15, 0.2) is 48.5 Å². The van der Waals surface area contributed by atoms with Crippen molar-refractivity contribution < 1.29 is 27.4 Å². The zero-order valence-electron chi connectivity index (χ0n) is 18.1. The summed E-state index contributed by atoms with van der Waals surface area (Å²) in [6.45, 7) is 4.20. The van der Waals surface area contributed by atoms with Crippen LogP contribution < -0.4 is 15.2 Å². The maximum atomic E-state index is 12.8. The van der Waals surface area contributed by atoms with Crippen molar-refractivity contribution in [3.63, 3.8) is 0 Å². The van der Waals surface area contributed by atoms with Gasteiger partial charge in [0.05, 0.1) is 19.2 Å². The van der Waals surface area contributed by atoms with E-state index in [9.17, 15) is 18.0 Å². The van der Waals surface area contributed by atoms with Crippen molar-refractivity contribution in [2.75, 3.05) is 7.11 Å². The molecule has 1 amide bonds. The predicted octanol–water partition coefficient (Wildman–Crippen LogP) is 5.47. The standard InChI is InChI=1S/C24H25F3N2O3/c1-4-8-19-22(16-10-7-11-18(13-16)32-24(25,26)27)21(23(28)30)15(2)29(19)14-17-9-5-6-12-20(17)31-3/h5-7,9-13H,4,8,14H2,1-3H3,(H2,28,30). The molecule has 170 valence electrons. The van der Waals surface area contributed by atoms with E-state index in [4.69, 9.17) is 10.5 Å². The molecular formula is C24H25F3N2O3. The highest BCUT2D eigenvalue weighted by atomic mass is 19.4.